The maximum Gasteiger partial charge on any atom is 0.240 e. The molecule has 1 aliphatic rings. The van der Waals surface area contributed by atoms with Gasteiger partial charge in [-0.1, -0.05) is 11.8 Å². The molecule has 1 aromatic rings. The molecule has 0 saturated heterocycles. The first-order valence-corrected chi connectivity index (χ1v) is 4.99. The van der Waals surface area contributed by atoms with Gasteiger partial charge in [-0.15, -0.1) is 0 Å². The first kappa shape index (κ1) is 7.73. The molecular weight excluding hydrogens is 172 g/mol. The van der Waals surface area contributed by atoms with Gasteiger partial charge in [-0.3, -0.25) is 0 Å². The molecule has 3 nitrogen and oxygen atoms in total. The minimum atomic E-state index is 0.0786. The smallest absolute Gasteiger partial charge is 0.240 e. The van der Waals surface area contributed by atoms with Crippen molar-refractivity contribution in [3.63, 3.8) is 0 Å². The number of hydrogen-bond acceptors (Lipinski definition) is 4. The highest BCUT2D eigenvalue weighted by Crippen LogP contribution is 2.36. The number of anilines is 1. The van der Waals surface area contributed by atoms with Crippen molar-refractivity contribution in [1.29, 1.82) is 0 Å². The van der Waals surface area contributed by atoms with Crippen LogP contribution in [0.25, 0.3) is 0 Å². The third-order valence-electron chi connectivity index (χ3n) is 1.86. The normalized spacial score (nSPS) is 20.5. The lowest BCUT2D eigenvalue weighted by molar-refractivity contribution is 0.309. The maximum absolute atomic E-state index is 5.55. The number of pyridine rings is 1. The molecule has 0 bridgehead atoms. The molecule has 2 rings (SSSR count). The van der Waals surface area contributed by atoms with E-state index in [1.807, 2.05) is 25.4 Å². The van der Waals surface area contributed by atoms with E-state index < -0.39 is 0 Å². The van der Waals surface area contributed by atoms with Crippen LogP contribution in [0.1, 0.15) is 0 Å². The highest BCUT2D eigenvalue weighted by atomic mass is 32.2. The summed E-state index contributed by atoms with van der Waals surface area (Å²) in [5.74, 6) is 0.736. The van der Waals surface area contributed by atoms with Gasteiger partial charge in [0.05, 0.1) is 0 Å². The van der Waals surface area contributed by atoms with Gasteiger partial charge >= 0.3 is 0 Å². The molecule has 0 radical (unpaired) electrons. The van der Waals surface area contributed by atoms with Crippen LogP contribution in [-0.2, 0) is 0 Å². The molecule has 0 aliphatic carbocycles. The van der Waals surface area contributed by atoms with E-state index in [1.165, 1.54) is 0 Å². The van der Waals surface area contributed by atoms with Gasteiger partial charge in [0.25, 0.3) is 0 Å². The molecule has 1 aliphatic heterocycles. The molecule has 4 heteroatoms. The quantitative estimate of drug-likeness (QED) is 0.658. The lowest BCUT2D eigenvalue weighted by Crippen LogP contribution is -2.26. The number of aromatic nitrogens is 1. The van der Waals surface area contributed by atoms with Gasteiger partial charge in [-0.05, 0) is 18.4 Å². The van der Waals surface area contributed by atoms with Crippen LogP contribution in [0.4, 0.5) is 5.69 Å². The standard InChI is InChI=1S/C8H10N2OS/c1-10-6-4-3-5-9-7(6)11-8(10)12-2/h3-5,8H,1-2H3. The third-order valence-corrected chi connectivity index (χ3v) is 2.68. The Morgan fingerprint density at radius 1 is 1.67 bits per heavy atom. The Labute approximate surface area is 75.7 Å². The van der Waals surface area contributed by atoms with Gasteiger partial charge in [-0.25, -0.2) is 4.98 Å². The Balaban J connectivity index is 2.35. The molecule has 1 aromatic heterocycles. The maximum atomic E-state index is 5.55. The summed E-state index contributed by atoms with van der Waals surface area (Å²) in [7, 11) is 2.01. The largest absolute Gasteiger partial charge is 0.442 e. The number of nitrogens with zero attached hydrogens (tertiary/aromatic N) is 2. The van der Waals surface area contributed by atoms with Crippen LogP contribution in [-0.4, -0.2) is 23.8 Å². The lowest BCUT2D eigenvalue weighted by atomic mass is 10.4. The second-order valence-corrected chi connectivity index (χ2v) is 3.47. The van der Waals surface area contributed by atoms with Crippen molar-refractivity contribution >= 4 is 17.4 Å². The van der Waals surface area contributed by atoms with Crippen LogP contribution >= 0.6 is 11.8 Å². The molecule has 64 valence electrons. The van der Waals surface area contributed by atoms with Gasteiger partial charge in [0, 0.05) is 13.2 Å². The first-order valence-electron chi connectivity index (χ1n) is 3.70. The summed E-state index contributed by atoms with van der Waals surface area (Å²) in [6.07, 6.45) is 3.77. The summed E-state index contributed by atoms with van der Waals surface area (Å²) in [5, 5.41) is 0. The van der Waals surface area contributed by atoms with Crippen LogP contribution < -0.4 is 9.64 Å². The predicted octanol–water partition coefficient (Wildman–Crippen LogP) is 1.56. The zero-order chi connectivity index (χ0) is 8.55. The van der Waals surface area contributed by atoms with E-state index in [2.05, 4.69) is 9.88 Å². The van der Waals surface area contributed by atoms with E-state index >= 15 is 0 Å². The second-order valence-electron chi connectivity index (χ2n) is 2.60. The predicted molar refractivity (Wildman–Crippen MR) is 50.6 cm³/mol. The van der Waals surface area contributed by atoms with E-state index in [0.29, 0.717) is 0 Å². The van der Waals surface area contributed by atoms with Crippen molar-refractivity contribution in [2.24, 2.45) is 0 Å². The zero-order valence-corrected chi connectivity index (χ0v) is 7.84. The SMILES string of the molecule is CSC1Oc2ncccc2N1C. The summed E-state index contributed by atoms with van der Waals surface area (Å²) < 4.78 is 5.55. The van der Waals surface area contributed by atoms with Crippen molar-refractivity contribution < 1.29 is 4.74 Å². The molecule has 0 fully saturated rings. The fourth-order valence-corrected chi connectivity index (χ4v) is 1.85. The van der Waals surface area contributed by atoms with Gasteiger partial charge < -0.3 is 9.64 Å². The van der Waals surface area contributed by atoms with Gasteiger partial charge in [0.1, 0.15) is 5.69 Å². The molecule has 1 atom stereocenters. The Morgan fingerprint density at radius 3 is 3.17 bits per heavy atom. The van der Waals surface area contributed by atoms with Crippen LogP contribution in [0, 0.1) is 0 Å². The van der Waals surface area contributed by atoms with E-state index in [-0.39, 0.29) is 5.56 Å². The van der Waals surface area contributed by atoms with Crippen molar-refractivity contribution in [3.05, 3.63) is 18.3 Å². The molecule has 1 unspecified atom stereocenters. The number of hydrogen-bond donors (Lipinski definition) is 0. The molecule has 2 heterocycles. The Hall–Kier alpha value is -0.900. The molecule has 0 aromatic carbocycles. The Kier molecular flexibility index (Phi) is 1.84. The highest BCUT2D eigenvalue weighted by Gasteiger charge is 2.27. The fourth-order valence-electron chi connectivity index (χ4n) is 1.24. The monoisotopic (exact) mass is 182 g/mol. The summed E-state index contributed by atoms with van der Waals surface area (Å²) >= 11 is 1.66. The summed E-state index contributed by atoms with van der Waals surface area (Å²) in [6, 6.07) is 3.93. The van der Waals surface area contributed by atoms with Crippen LogP contribution in [0.5, 0.6) is 5.88 Å². The van der Waals surface area contributed by atoms with Gasteiger partial charge in [-0.2, -0.15) is 0 Å². The lowest BCUT2D eigenvalue weighted by Gasteiger charge is -2.16. The average Bonchev–Trinajstić information content (AvgIpc) is 2.44. The zero-order valence-electron chi connectivity index (χ0n) is 7.02. The molecule has 0 amide bonds. The van der Waals surface area contributed by atoms with Gasteiger partial charge in [0.15, 0.2) is 0 Å². The minimum absolute atomic E-state index is 0.0786. The second kappa shape index (κ2) is 2.86. The topological polar surface area (TPSA) is 25.4 Å². The number of rotatable bonds is 1. The van der Waals surface area contributed by atoms with Crippen LogP contribution in [0.3, 0.4) is 0 Å². The highest BCUT2D eigenvalue weighted by molar-refractivity contribution is 7.99. The summed E-state index contributed by atoms with van der Waals surface area (Å²) in [4.78, 5) is 6.21. The van der Waals surface area contributed by atoms with E-state index in [0.717, 1.165) is 11.6 Å². The summed E-state index contributed by atoms with van der Waals surface area (Å²) in [6.45, 7) is 0. The number of ether oxygens (including phenoxy) is 1. The molecular formula is C8H10N2OS. The van der Waals surface area contributed by atoms with E-state index in [4.69, 9.17) is 4.74 Å². The van der Waals surface area contributed by atoms with Gasteiger partial charge in [0.2, 0.25) is 11.4 Å². The Morgan fingerprint density at radius 2 is 2.50 bits per heavy atom. The third kappa shape index (κ3) is 1.03. The van der Waals surface area contributed by atoms with E-state index in [9.17, 15) is 0 Å². The fraction of sp³-hybridized carbons (Fsp3) is 0.375. The van der Waals surface area contributed by atoms with Crippen molar-refractivity contribution in [3.8, 4) is 5.88 Å². The van der Waals surface area contributed by atoms with E-state index in [1.54, 1.807) is 18.0 Å². The number of fused-ring (bicyclic) bond motifs is 1. The number of thioether (sulfide) groups is 1. The average molecular weight is 182 g/mol. The van der Waals surface area contributed by atoms with Crippen molar-refractivity contribution in [2.45, 2.75) is 5.56 Å². The Bertz CT molecular complexity index is 292. The van der Waals surface area contributed by atoms with Crippen LogP contribution in [0.2, 0.25) is 0 Å². The molecule has 12 heavy (non-hydrogen) atoms. The minimum Gasteiger partial charge on any atom is -0.442 e. The first-order chi connectivity index (χ1) is 5.83. The summed E-state index contributed by atoms with van der Waals surface area (Å²) in [5.41, 5.74) is 1.15. The molecule has 0 saturated carbocycles. The van der Waals surface area contributed by atoms with Crippen molar-refractivity contribution in [2.75, 3.05) is 18.2 Å². The molecule has 0 spiro atoms. The van der Waals surface area contributed by atoms with Crippen LogP contribution in [0.15, 0.2) is 18.3 Å². The molecule has 0 N–H and O–H groups in total. The van der Waals surface area contributed by atoms with Crippen molar-refractivity contribution in [1.82, 2.24) is 4.98 Å².